The van der Waals surface area contributed by atoms with E-state index in [0.29, 0.717) is 16.3 Å². The van der Waals surface area contributed by atoms with Crippen LogP contribution < -0.4 is 5.32 Å². The molecule has 2 aromatic carbocycles. The Kier molecular flexibility index (Phi) is 5.46. The largest absolute Gasteiger partial charge is 0.478 e. The second-order valence-corrected chi connectivity index (χ2v) is 6.06. The maximum atomic E-state index is 12.0. The SMILES string of the molecule is Cc1c(NC(=O)CSc2ccc(Cl)cc2)cccc1C(=O)O. The molecule has 0 heterocycles. The quantitative estimate of drug-likeness (QED) is 0.808. The minimum Gasteiger partial charge on any atom is -0.478 e. The van der Waals surface area contributed by atoms with E-state index in [1.807, 2.05) is 12.1 Å². The molecule has 0 atom stereocenters. The van der Waals surface area contributed by atoms with E-state index in [1.165, 1.54) is 17.8 Å². The molecule has 0 aliphatic carbocycles. The predicted octanol–water partition coefficient (Wildman–Crippen LogP) is 4.08. The summed E-state index contributed by atoms with van der Waals surface area (Å²) >= 11 is 7.19. The predicted molar refractivity (Wildman–Crippen MR) is 88.9 cm³/mol. The van der Waals surface area contributed by atoms with E-state index in [9.17, 15) is 9.59 Å². The van der Waals surface area contributed by atoms with Crippen molar-refractivity contribution in [2.24, 2.45) is 0 Å². The van der Waals surface area contributed by atoms with Crippen LogP contribution in [0.25, 0.3) is 0 Å². The van der Waals surface area contributed by atoms with Crippen molar-refractivity contribution in [2.75, 3.05) is 11.1 Å². The Morgan fingerprint density at radius 3 is 2.50 bits per heavy atom. The van der Waals surface area contributed by atoms with Gasteiger partial charge in [-0.3, -0.25) is 4.79 Å². The summed E-state index contributed by atoms with van der Waals surface area (Å²) in [5.41, 5.74) is 1.24. The van der Waals surface area contributed by atoms with Gasteiger partial charge in [-0.15, -0.1) is 11.8 Å². The average Bonchev–Trinajstić information content (AvgIpc) is 2.48. The van der Waals surface area contributed by atoms with Crippen LogP contribution in [0.15, 0.2) is 47.4 Å². The zero-order valence-corrected chi connectivity index (χ0v) is 13.4. The first-order chi connectivity index (χ1) is 10.5. The van der Waals surface area contributed by atoms with Crippen LogP contribution in [0.2, 0.25) is 5.02 Å². The molecule has 22 heavy (non-hydrogen) atoms. The fourth-order valence-corrected chi connectivity index (χ4v) is 2.69. The number of carbonyl (C=O) groups is 2. The number of carboxylic acids is 1. The molecule has 0 saturated carbocycles. The van der Waals surface area contributed by atoms with Crippen LogP contribution in [0.3, 0.4) is 0 Å². The number of aromatic carboxylic acids is 1. The molecule has 2 N–H and O–H groups in total. The Bertz CT molecular complexity index is 701. The van der Waals surface area contributed by atoms with Gasteiger partial charge in [0, 0.05) is 15.6 Å². The summed E-state index contributed by atoms with van der Waals surface area (Å²) in [6, 6.07) is 12.0. The highest BCUT2D eigenvalue weighted by Crippen LogP contribution is 2.22. The lowest BCUT2D eigenvalue weighted by molar-refractivity contribution is -0.113. The second-order valence-electron chi connectivity index (χ2n) is 4.57. The van der Waals surface area contributed by atoms with Crippen LogP contribution in [0.1, 0.15) is 15.9 Å². The molecule has 114 valence electrons. The standard InChI is InChI=1S/C16H14ClNO3S/c1-10-13(16(20)21)3-2-4-14(10)18-15(19)9-22-12-7-5-11(17)6-8-12/h2-8H,9H2,1H3,(H,18,19)(H,20,21). The van der Waals surface area contributed by atoms with Crippen LogP contribution in [0, 0.1) is 6.92 Å². The van der Waals surface area contributed by atoms with E-state index in [4.69, 9.17) is 16.7 Å². The minimum atomic E-state index is -1.01. The van der Waals surface area contributed by atoms with E-state index in [2.05, 4.69) is 5.32 Å². The maximum Gasteiger partial charge on any atom is 0.336 e. The van der Waals surface area contributed by atoms with E-state index in [1.54, 1.807) is 31.2 Å². The topological polar surface area (TPSA) is 66.4 Å². The van der Waals surface area contributed by atoms with Crippen LogP contribution in [0.5, 0.6) is 0 Å². The number of carboxylic acid groups (broad SMARTS) is 1. The Morgan fingerprint density at radius 2 is 1.86 bits per heavy atom. The lowest BCUT2D eigenvalue weighted by Gasteiger charge is -2.10. The number of thioether (sulfide) groups is 1. The van der Waals surface area contributed by atoms with Crippen molar-refractivity contribution in [1.82, 2.24) is 0 Å². The first-order valence-electron chi connectivity index (χ1n) is 6.48. The van der Waals surface area contributed by atoms with Gasteiger partial charge in [0.15, 0.2) is 0 Å². The van der Waals surface area contributed by atoms with Crippen molar-refractivity contribution in [2.45, 2.75) is 11.8 Å². The van der Waals surface area contributed by atoms with Crippen molar-refractivity contribution in [1.29, 1.82) is 0 Å². The van der Waals surface area contributed by atoms with E-state index >= 15 is 0 Å². The van der Waals surface area contributed by atoms with E-state index < -0.39 is 5.97 Å². The molecule has 0 radical (unpaired) electrons. The van der Waals surface area contributed by atoms with Crippen LogP contribution in [-0.2, 0) is 4.79 Å². The van der Waals surface area contributed by atoms with Gasteiger partial charge in [-0.25, -0.2) is 4.79 Å². The number of amides is 1. The molecule has 0 unspecified atom stereocenters. The number of halogens is 1. The van der Waals surface area contributed by atoms with Crippen molar-refractivity contribution < 1.29 is 14.7 Å². The van der Waals surface area contributed by atoms with Crippen molar-refractivity contribution in [3.63, 3.8) is 0 Å². The Labute approximate surface area is 137 Å². The van der Waals surface area contributed by atoms with Gasteiger partial charge in [0.05, 0.1) is 11.3 Å². The smallest absolute Gasteiger partial charge is 0.336 e. The monoisotopic (exact) mass is 335 g/mol. The highest BCUT2D eigenvalue weighted by molar-refractivity contribution is 8.00. The molecule has 6 heteroatoms. The molecule has 1 amide bonds. The minimum absolute atomic E-state index is 0.183. The lowest BCUT2D eigenvalue weighted by atomic mass is 10.1. The highest BCUT2D eigenvalue weighted by atomic mass is 35.5. The summed E-state index contributed by atoms with van der Waals surface area (Å²) in [6.07, 6.45) is 0. The Morgan fingerprint density at radius 1 is 1.18 bits per heavy atom. The molecule has 0 saturated heterocycles. The summed E-state index contributed by atoms with van der Waals surface area (Å²) in [5.74, 6) is -0.965. The van der Waals surface area contributed by atoms with Gasteiger partial charge in [-0.1, -0.05) is 17.7 Å². The third kappa shape index (κ3) is 4.26. The maximum absolute atomic E-state index is 12.0. The molecule has 0 aliphatic heterocycles. The second kappa shape index (κ2) is 7.33. The number of anilines is 1. The molecule has 4 nitrogen and oxygen atoms in total. The molecule has 0 bridgehead atoms. The van der Waals surface area contributed by atoms with E-state index in [0.717, 1.165) is 4.90 Å². The lowest BCUT2D eigenvalue weighted by Crippen LogP contribution is -2.15. The number of nitrogens with one attached hydrogen (secondary N) is 1. The number of hydrogen-bond donors (Lipinski definition) is 2. The molecule has 0 spiro atoms. The Hall–Kier alpha value is -1.98. The van der Waals surface area contributed by atoms with Gasteiger partial charge >= 0.3 is 5.97 Å². The average molecular weight is 336 g/mol. The third-order valence-electron chi connectivity index (χ3n) is 3.02. The zero-order valence-electron chi connectivity index (χ0n) is 11.8. The molecule has 2 rings (SSSR count). The molecule has 0 aliphatic rings. The van der Waals surface area contributed by atoms with Crippen LogP contribution in [0.4, 0.5) is 5.69 Å². The summed E-state index contributed by atoms with van der Waals surface area (Å²) in [7, 11) is 0. The normalized spacial score (nSPS) is 10.3. The van der Waals surface area contributed by atoms with Crippen LogP contribution in [-0.4, -0.2) is 22.7 Å². The fraction of sp³-hybridized carbons (Fsp3) is 0.125. The first-order valence-corrected chi connectivity index (χ1v) is 7.85. The number of benzene rings is 2. The first kappa shape index (κ1) is 16.4. The van der Waals surface area contributed by atoms with Crippen molar-refractivity contribution >= 4 is 40.9 Å². The van der Waals surface area contributed by atoms with Gasteiger partial charge in [-0.05, 0) is 48.9 Å². The Balaban J connectivity index is 1.99. The summed E-state index contributed by atoms with van der Waals surface area (Å²) in [5, 5.41) is 12.5. The molecule has 2 aromatic rings. The highest BCUT2D eigenvalue weighted by Gasteiger charge is 2.12. The molecular formula is C16H14ClNO3S. The molecule has 0 aromatic heterocycles. The zero-order chi connectivity index (χ0) is 16.1. The molecular weight excluding hydrogens is 322 g/mol. The summed E-state index contributed by atoms with van der Waals surface area (Å²) < 4.78 is 0. The van der Waals surface area contributed by atoms with Crippen molar-refractivity contribution in [3.05, 3.63) is 58.6 Å². The van der Waals surface area contributed by atoms with Gasteiger partial charge in [0.1, 0.15) is 0 Å². The van der Waals surface area contributed by atoms with Crippen molar-refractivity contribution in [3.8, 4) is 0 Å². The van der Waals surface area contributed by atoms with Gasteiger partial charge < -0.3 is 10.4 Å². The number of carbonyl (C=O) groups excluding carboxylic acids is 1. The number of rotatable bonds is 5. The van der Waals surface area contributed by atoms with Gasteiger partial charge in [0.25, 0.3) is 0 Å². The third-order valence-corrected chi connectivity index (χ3v) is 4.29. The molecule has 0 fully saturated rings. The van der Waals surface area contributed by atoms with Gasteiger partial charge in [0.2, 0.25) is 5.91 Å². The van der Waals surface area contributed by atoms with Gasteiger partial charge in [-0.2, -0.15) is 0 Å². The summed E-state index contributed by atoms with van der Waals surface area (Å²) in [4.78, 5) is 24.0. The summed E-state index contributed by atoms with van der Waals surface area (Å²) in [6.45, 7) is 1.67. The van der Waals surface area contributed by atoms with Crippen LogP contribution >= 0.6 is 23.4 Å². The fourth-order valence-electron chi connectivity index (χ4n) is 1.87. The van der Waals surface area contributed by atoms with E-state index in [-0.39, 0.29) is 17.2 Å². The number of hydrogen-bond acceptors (Lipinski definition) is 3.